The van der Waals surface area contributed by atoms with Gasteiger partial charge in [0, 0.05) is 25.6 Å². The number of nitrogens with zero attached hydrogens (tertiary/aromatic N) is 1. The van der Waals surface area contributed by atoms with Crippen molar-refractivity contribution in [2.45, 2.75) is 42.9 Å². The Labute approximate surface area is 212 Å². The summed E-state index contributed by atoms with van der Waals surface area (Å²) in [5.74, 6) is -0.473. The fraction of sp³-hybridized carbons (Fsp3) is 0.458. The first kappa shape index (κ1) is 27.9. The van der Waals surface area contributed by atoms with E-state index in [0.29, 0.717) is 17.7 Å². The van der Waals surface area contributed by atoms with Crippen LogP contribution in [0.5, 0.6) is 11.5 Å². The molecule has 0 aromatic heterocycles. The van der Waals surface area contributed by atoms with Crippen molar-refractivity contribution in [3.8, 4) is 11.5 Å². The molecule has 10 nitrogen and oxygen atoms in total. The highest BCUT2D eigenvalue weighted by molar-refractivity contribution is 7.91. The maximum Gasteiger partial charge on any atom is 0.340 e. The Morgan fingerprint density at radius 3 is 2.28 bits per heavy atom. The number of benzene rings is 2. The molecule has 12 heteroatoms. The van der Waals surface area contributed by atoms with Gasteiger partial charge in [-0.2, -0.15) is 12.7 Å². The zero-order chi connectivity index (χ0) is 26.3. The summed E-state index contributed by atoms with van der Waals surface area (Å²) >= 11 is 0. The van der Waals surface area contributed by atoms with E-state index >= 15 is 0 Å². The van der Waals surface area contributed by atoms with Crippen LogP contribution >= 0.6 is 0 Å². The number of carbonyl (C=O) groups is 1. The van der Waals surface area contributed by atoms with Crippen molar-refractivity contribution in [1.29, 1.82) is 0 Å². The van der Waals surface area contributed by atoms with Gasteiger partial charge in [-0.05, 0) is 56.5 Å². The molecule has 1 radical (unpaired) electrons. The largest absolute Gasteiger partial charge is 0.493 e. The minimum Gasteiger partial charge on any atom is -0.493 e. The molecule has 0 amide bonds. The van der Waals surface area contributed by atoms with Gasteiger partial charge in [0.2, 0.25) is 10.0 Å². The molecule has 0 unspecified atom stereocenters. The van der Waals surface area contributed by atoms with E-state index in [9.17, 15) is 26.7 Å². The quantitative estimate of drug-likeness (QED) is 0.241. The van der Waals surface area contributed by atoms with Crippen molar-refractivity contribution in [2.24, 2.45) is 5.92 Å². The molecule has 0 bridgehead atoms. The van der Waals surface area contributed by atoms with Crippen LogP contribution < -0.4 is 8.92 Å². The summed E-state index contributed by atoms with van der Waals surface area (Å²) in [6, 6.07) is 9.76. The molecule has 3 rings (SSSR count). The van der Waals surface area contributed by atoms with Crippen molar-refractivity contribution >= 4 is 26.1 Å². The lowest BCUT2D eigenvalue weighted by atomic mass is 9.98. The van der Waals surface area contributed by atoms with E-state index in [1.165, 1.54) is 40.7 Å². The molecule has 0 spiro atoms. The second-order valence-corrected chi connectivity index (χ2v) is 11.7. The van der Waals surface area contributed by atoms with Crippen LogP contribution in [0.4, 0.5) is 0 Å². The lowest BCUT2D eigenvalue weighted by Crippen LogP contribution is -2.41. The predicted molar refractivity (Wildman–Crippen MR) is 129 cm³/mol. The summed E-state index contributed by atoms with van der Waals surface area (Å²) in [7, 11) is -8.73. The number of piperidine rings is 1. The van der Waals surface area contributed by atoms with E-state index in [2.05, 4.69) is 0 Å². The van der Waals surface area contributed by atoms with E-state index in [1.807, 2.05) is 0 Å². The fourth-order valence-electron chi connectivity index (χ4n) is 3.87. The second kappa shape index (κ2) is 12.0. The molecule has 1 aliphatic heterocycles. The summed E-state index contributed by atoms with van der Waals surface area (Å²) in [5.41, 5.74) is 0.658. The number of rotatable bonds is 11. The fourth-order valence-corrected chi connectivity index (χ4v) is 7.03. The lowest BCUT2D eigenvalue weighted by molar-refractivity contribution is -0.149. The molecular weight excluding hydrogens is 510 g/mol. The molecule has 1 fully saturated rings. The van der Waals surface area contributed by atoms with Gasteiger partial charge in [0.15, 0.2) is 0 Å². The molecule has 1 heterocycles. The van der Waals surface area contributed by atoms with Crippen LogP contribution in [-0.2, 0) is 34.8 Å². The topological polar surface area (TPSA) is 136 Å². The van der Waals surface area contributed by atoms with Crippen LogP contribution in [0.1, 0.15) is 31.7 Å². The molecule has 2 aromatic carbocycles. The summed E-state index contributed by atoms with van der Waals surface area (Å²) < 4.78 is 70.2. The Bertz CT molecular complexity index is 1270. The highest BCUT2D eigenvalue weighted by Gasteiger charge is 2.36. The minimum atomic E-state index is -4.54. The van der Waals surface area contributed by atoms with Gasteiger partial charge in [-0.25, -0.2) is 13.5 Å². The van der Waals surface area contributed by atoms with Gasteiger partial charge in [0.05, 0.1) is 25.7 Å². The highest BCUT2D eigenvalue weighted by Crippen LogP contribution is 2.31. The third kappa shape index (κ3) is 6.75. The number of aryl methyl sites for hydroxylation is 1. The third-order valence-corrected chi connectivity index (χ3v) is 8.99. The maximum atomic E-state index is 13.4. The van der Waals surface area contributed by atoms with Crippen molar-refractivity contribution in [2.75, 3.05) is 32.9 Å². The first-order valence-corrected chi connectivity index (χ1v) is 14.5. The van der Waals surface area contributed by atoms with E-state index < -0.39 is 35.9 Å². The van der Waals surface area contributed by atoms with Gasteiger partial charge in [0.25, 0.3) is 0 Å². The average molecular weight is 541 g/mol. The van der Waals surface area contributed by atoms with Crippen LogP contribution in [-0.4, -0.2) is 60.0 Å². The zero-order valence-electron chi connectivity index (χ0n) is 20.2. The normalized spacial score (nSPS) is 15.4. The van der Waals surface area contributed by atoms with Crippen LogP contribution in [0, 0.1) is 12.8 Å². The molecule has 0 saturated carbocycles. The summed E-state index contributed by atoms with van der Waals surface area (Å²) in [6.07, 6.45) is 0.856. The van der Waals surface area contributed by atoms with Crippen molar-refractivity contribution < 1.29 is 40.4 Å². The number of hydrogen-bond donors (Lipinski definition) is 0. The van der Waals surface area contributed by atoms with E-state index in [1.54, 1.807) is 19.9 Å². The zero-order valence-corrected chi connectivity index (χ0v) is 21.8. The van der Waals surface area contributed by atoms with Gasteiger partial charge < -0.3 is 13.7 Å². The molecule has 0 atom stereocenters. The molecule has 1 saturated heterocycles. The van der Waals surface area contributed by atoms with Crippen molar-refractivity contribution in [3.05, 3.63) is 48.0 Å². The third-order valence-electron chi connectivity index (χ3n) is 5.60. The predicted octanol–water partition coefficient (Wildman–Crippen LogP) is 2.93. The molecule has 0 N–H and O–H groups in total. The molecular formula is C24H30NO9S2. The van der Waals surface area contributed by atoms with Gasteiger partial charge in [-0.1, -0.05) is 12.1 Å². The number of esters is 1. The van der Waals surface area contributed by atoms with Crippen LogP contribution in [0.25, 0.3) is 0 Å². The monoisotopic (exact) mass is 540 g/mol. The van der Waals surface area contributed by atoms with Gasteiger partial charge >= 0.3 is 16.1 Å². The summed E-state index contributed by atoms with van der Waals surface area (Å²) in [6.45, 7) is 3.67. The first-order valence-electron chi connectivity index (χ1n) is 11.6. The Morgan fingerprint density at radius 1 is 1.00 bits per heavy atom. The van der Waals surface area contributed by atoms with Crippen LogP contribution in [0.15, 0.2) is 52.3 Å². The number of sulfonamides is 1. The van der Waals surface area contributed by atoms with Crippen LogP contribution in [0.2, 0.25) is 0 Å². The van der Waals surface area contributed by atoms with Crippen LogP contribution in [0.3, 0.4) is 0 Å². The summed E-state index contributed by atoms with van der Waals surface area (Å²) in [5, 5.41) is 10.6. The second-order valence-electron chi connectivity index (χ2n) is 8.30. The van der Waals surface area contributed by atoms with E-state index in [-0.39, 0.29) is 57.5 Å². The minimum absolute atomic E-state index is 0.0467. The van der Waals surface area contributed by atoms with Gasteiger partial charge in [0.1, 0.15) is 21.3 Å². The number of ether oxygens (including phenoxy) is 2. The van der Waals surface area contributed by atoms with Crippen molar-refractivity contribution in [1.82, 2.24) is 4.31 Å². The molecule has 1 aliphatic rings. The van der Waals surface area contributed by atoms with E-state index in [4.69, 9.17) is 13.7 Å². The lowest BCUT2D eigenvalue weighted by Gasteiger charge is -2.30. The molecule has 36 heavy (non-hydrogen) atoms. The Hall–Kier alpha value is -2.67. The molecule has 0 aliphatic carbocycles. The number of carbonyl (C=O) groups excluding carboxylic acids is 1. The van der Waals surface area contributed by atoms with Gasteiger partial charge in [-0.3, -0.25) is 4.79 Å². The SMILES string of the molecule is CCOC(=O)C1CCN(S(=O)(=O)c2ccccc2S(=O)(=O)Oc2cc(C)cc(OCCC[O])c2)CC1. The Kier molecular flexibility index (Phi) is 9.34. The molecule has 197 valence electrons. The Balaban J connectivity index is 1.84. The highest BCUT2D eigenvalue weighted by atomic mass is 32.2. The first-order chi connectivity index (χ1) is 17.1. The standard InChI is InChI=1S/C24H30NO9S2/c1-3-32-24(27)19-9-11-25(12-10-19)35(28,29)22-7-4-5-8-23(22)36(30,31)34-21-16-18(2)15-20(17-21)33-14-6-13-26/h4-5,7-8,15-17,19H,3,6,9-14H2,1-2H3. The summed E-state index contributed by atoms with van der Waals surface area (Å²) in [4.78, 5) is 11.1. The maximum absolute atomic E-state index is 13.4. The van der Waals surface area contributed by atoms with Crippen molar-refractivity contribution in [3.63, 3.8) is 0 Å². The Morgan fingerprint density at radius 2 is 1.64 bits per heavy atom. The number of hydrogen-bond acceptors (Lipinski definition) is 8. The molecule has 2 aromatic rings. The van der Waals surface area contributed by atoms with E-state index in [0.717, 1.165) is 0 Å². The van der Waals surface area contributed by atoms with Gasteiger partial charge in [-0.15, -0.1) is 0 Å². The smallest absolute Gasteiger partial charge is 0.340 e. The average Bonchev–Trinajstić information content (AvgIpc) is 2.84.